The molecular weight excluding hydrogens is 295 g/mol. The zero-order chi connectivity index (χ0) is 14.1. The molecule has 1 unspecified atom stereocenters. The largest absolute Gasteiger partial charge is 0.387 e. The highest BCUT2D eigenvalue weighted by molar-refractivity contribution is 7.12. The smallest absolute Gasteiger partial charge is 0.127 e. The third kappa shape index (κ3) is 2.76. The van der Waals surface area contributed by atoms with Crippen LogP contribution in [0.5, 0.6) is 0 Å². The van der Waals surface area contributed by atoms with Gasteiger partial charge in [0, 0.05) is 26.8 Å². The quantitative estimate of drug-likeness (QED) is 0.871. The van der Waals surface area contributed by atoms with Crippen LogP contribution < -0.4 is 0 Å². The van der Waals surface area contributed by atoms with Crippen LogP contribution in [0.4, 0.5) is 4.39 Å². The summed E-state index contributed by atoms with van der Waals surface area (Å²) in [6, 6.07) is 6.70. The lowest BCUT2D eigenvalue weighted by Crippen LogP contribution is -2.02. The second-order valence-corrected chi connectivity index (χ2v) is 6.80. The van der Waals surface area contributed by atoms with Gasteiger partial charge in [0.15, 0.2) is 0 Å². The van der Waals surface area contributed by atoms with Crippen molar-refractivity contribution in [3.63, 3.8) is 0 Å². The molecule has 0 bridgehead atoms. The van der Waals surface area contributed by atoms with E-state index < -0.39 is 6.10 Å². The summed E-state index contributed by atoms with van der Waals surface area (Å²) >= 11 is 7.67. The third-order valence-corrected chi connectivity index (χ3v) is 5.50. The molecule has 0 spiro atoms. The summed E-state index contributed by atoms with van der Waals surface area (Å²) in [5.74, 6) is -0.349. The van der Waals surface area contributed by atoms with Gasteiger partial charge < -0.3 is 5.11 Å². The Labute approximate surface area is 127 Å². The molecule has 0 fully saturated rings. The first-order valence-electron chi connectivity index (χ1n) is 6.87. The number of hydrogen-bond acceptors (Lipinski definition) is 2. The highest BCUT2D eigenvalue weighted by Gasteiger charge is 2.20. The first-order chi connectivity index (χ1) is 9.65. The maximum atomic E-state index is 13.8. The van der Waals surface area contributed by atoms with Crippen LogP contribution in [0, 0.1) is 5.82 Å². The van der Waals surface area contributed by atoms with Gasteiger partial charge in [-0.15, -0.1) is 11.3 Å². The average Bonchev–Trinajstić information content (AvgIpc) is 2.87. The van der Waals surface area contributed by atoms with Crippen molar-refractivity contribution >= 4 is 22.9 Å². The van der Waals surface area contributed by atoms with E-state index >= 15 is 0 Å². The molecule has 1 aromatic carbocycles. The number of fused-ring (bicyclic) bond motifs is 1. The molecule has 1 nitrogen and oxygen atoms in total. The minimum Gasteiger partial charge on any atom is -0.387 e. The zero-order valence-electron chi connectivity index (χ0n) is 11.0. The van der Waals surface area contributed by atoms with Crippen LogP contribution >= 0.6 is 22.9 Å². The molecule has 0 radical (unpaired) electrons. The molecule has 1 atom stereocenters. The van der Waals surface area contributed by atoms with Gasteiger partial charge in [0.1, 0.15) is 5.82 Å². The monoisotopic (exact) mass is 310 g/mol. The zero-order valence-corrected chi connectivity index (χ0v) is 12.6. The topological polar surface area (TPSA) is 20.2 Å². The van der Waals surface area contributed by atoms with Gasteiger partial charge in [0.25, 0.3) is 0 Å². The lowest BCUT2D eigenvalue weighted by atomic mass is 9.98. The molecule has 1 aliphatic rings. The van der Waals surface area contributed by atoms with Gasteiger partial charge in [-0.2, -0.15) is 0 Å². The Morgan fingerprint density at radius 3 is 2.85 bits per heavy atom. The third-order valence-electron chi connectivity index (χ3n) is 3.80. The van der Waals surface area contributed by atoms with Crippen molar-refractivity contribution in [2.45, 2.75) is 38.2 Å². The molecule has 0 aliphatic heterocycles. The number of thiophene rings is 1. The van der Waals surface area contributed by atoms with E-state index in [1.807, 2.05) is 0 Å². The second-order valence-electron chi connectivity index (χ2n) is 5.22. The van der Waals surface area contributed by atoms with Crippen molar-refractivity contribution in [2.75, 3.05) is 0 Å². The van der Waals surface area contributed by atoms with E-state index in [1.54, 1.807) is 23.5 Å². The van der Waals surface area contributed by atoms with Crippen molar-refractivity contribution in [1.29, 1.82) is 0 Å². The fraction of sp³-hybridized carbons (Fsp3) is 0.375. The van der Waals surface area contributed by atoms with Gasteiger partial charge in [-0.3, -0.25) is 0 Å². The number of aryl methyl sites for hydroxylation is 2. The minimum absolute atomic E-state index is 0.227. The predicted octanol–water partition coefficient (Wildman–Crippen LogP) is 4.70. The summed E-state index contributed by atoms with van der Waals surface area (Å²) < 4.78 is 13.8. The highest BCUT2D eigenvalue weighted by Crippen LogP contribution is 2.35. The highest BCUT2D eigenvalue weighted by atomic mass is 35.5. The lowest BCUT2D eigenvalue weighted by Gasteiger charge is -2.10. The molecule has 4 heteroatoms. The second kappa shape index (κ2) is 5.84. The minimum atomic E-state index is -0.681. The van der Waals surface area contributed by atoms with Gasteiger partial charge >= 0.3 is 0 Å². The van der Waals surface area contributed by atoms with Crippen molar-refractivity contribution < 1.29 is 9.50 Å². The summed E-state index contributed by atoms with van der Waals surface area (Å²) in [4.78, 5) is 2.31. The van der Waals surface area contributed by atoms with Crippen LogP contribution in [-0.4, -0.2) is 5.11 Å². The summed E-state index contributed by atoms with van der Waals surface area (Å²) in [7, 11) is 0. The molecule has 2 aromatic rings. The van der Waals surface area contributed by atoms with E-state index in [0.29, 0.717) is 10.6 Å². The number of aliphatic hydroxyl groups is 1. The summed E-state index contributed by atoms with van der Waals surface area (Å²) in [5, 5.41) is 10.7. The summed E-state index contributed by atoms with van der Waals surface area (Å²) in [6.07, 6.45) is 4.19. The fourth-order valence-electron chi connectivity index (χ4n) is 2.70. The molecule has 0 saturated heterocycles. The normalized spacial score (nSPS) is 15.9. The number of aliphatic hydroxyl groups excluding tert-OH is 1. The molecule has 20 heavy (non-hydrogen) atoms. The molecule has 1 heterocycles. The van der Waals surface area contributed by atoms with Gasteiger partial charge in [0.2, 0.25) is 0 Å². The first-order valence-corrected chi connectivity index (χ1v) is 8.07. The van der Waals surface area contributed by atoms with Crippen LogP contribution in [0.2, 0.25) is 5.02 Å². The molecule has 1 aromatic heterocycles. The maximum Gasteiger partial charge on any atom is 0.127 e. The maximum absolute atomic E-state index is 13.8. The van der Waals surface area contributed by atoms with Crippen LogP contribution in [0.25, 0.3) is 0 Å². The molecular formula is C16H16ClFOS. The van der Waals surface area contributed by atoms with E-state index in [4.69, 9.17) is 11.6 Å². The Morgan fingerprint density at radius 1 is 1.30 bits per heavy atom. The van der Waals surface area contributed by atoms with Gasteiger partial charge in [0.05, 0.1) is 6.10 Å². The Hall–Kier alpha value is -0.900. The number of benzene rings is 1. The molecule has 0 saturated carbocycles. The van der Waals surface area contributed by atoms with E-state index in [2.05, 4.69) is 6.07 Å². The van der Waals surface area contributed by atoms with E-state index in [9.17, 15) is 9.50 Å². The Bertz CT molecular complexity index is 579. The summed E-state index contributed by atoms with van der Waals surface area (Å²) in [6.45, 7) is 0. The predicted molar refractivity (Wildman–Crippen MR) is 81.0 cm³/mol. The Morgan fingerprint density at radius 2 is 2.10 bits per heavy atom. The summed E-state index contributed by atoms with van der Waals surface area (Å²) in [5.41, 5.74) is 1.75. The van der Waals surface area contributed by atoms with E-state index in [-0.39, 0.29) is 12.2 Å². The standard InChI is InChI=1S/C16H16ClFOS/c17-12-5-3-6-13(18)11(12)9-14(19)16-8-10-4-1-2-7-15(10)20-16/h3,5-6,8,14,19H,1-2,4,7,9H2. The molecule has 106 valence electrons. The van der Waals surface area contributed by atoms with Gasteiger partial charge in [-0.05, 0) is 49.4 Å². The van der Waals surface area contributed by atoms with Gasteiger partial charge in [-0.1, -0.05) is 17.7 Å². The van der Waals surface area contributed by atoms with Crippen LogP contribution in [-0.2, 0) is 19.3 Å². The van der Waals surface area contributed by atoms with Crippen LogP contribution in [0.15, 0.2) is 24.3 Å². The Kier molecular flexibility index (Phi) is 4.11. The number of halogens is 2. The molecule has 3 rings (SSSR count). The SMILES string of the molecule is OC(Cc1c(F)cccc1Cl)c1cc2c(s1)CCCC2. The average molecular weight is 311 g/mol. The van der Waals surface area contributed by atoms with E-state index in [1.165, 1.54) is 29.3 Å². The number of rotatable bonds is 3. The van der Waals surface area contributed by atoms with Crippen molar-refractivity contribution in [2.24, 2.45) is 0 Å². The van der Waals surface area contributed by atoms with Crippen molar-refractivity contribution in [3.8, 4) is 0 Å². The molecule has 1 N–H and O–H groups in total. The molecule has 1 aliphatic carbocycles. The lowest BCUT2D eigenvalue weighted by molar-refractivity contribution is 0.181. The van der Waals surface area contributed by atoms with Crippen molar-refractivity contribution in [1.82, 2.24) is 0 Å². The molecule has 0 amide bonds. The number of hydrogen-bond donors (Lipinski definition) is 1. The first kappa shape index (κ1) is 14.1. The fourth-order valence-corrected chi connectivity index (χ4v) is 4.18. The van der Waals surface area contributed by atoms with Gasteiger partial charge in [-0.25, -0.2) is 4.39 Å². The Balaban J connectivity index is 1.82. The van der Waals surface area contributed by atoms with Crippen LogP contribution in [0.1, 0.15) is 39.8 Å². The van der Waals surface area contributed by atoms with E-state index in [0.717, 1.165) is 17.7 Å². The van der Waals surface area contributed by atoms with Crippen molar-refractivity contribution in [3.05, 3.63) is 56.0 Å². The van der Waals surface area contributed by atoms with Crippen LogP contribution in [0.3, 0.4) is 0 Å².